The molecule has 0 radical (unpaired) electrons. The predicted molar refractivity (Wildman–Crippen MR) is 119 cm³/mol. The average molecular weight is 450 g/mol. The molecule has 2 aromatic carbocycles. The largest absolute Gasteiger partial charge is 0.454 e. The third kappa shape index (κ3) is 4.06. The van der Waals surface area contributed by atoms with Crippen LogP contribution < -0.4 is 14.8 Å². The second kappa shape index (κ2) is 8.31. The van der Waals surface area contributed by atoms with E-state index in [1.807, 2.05) is 6.92 Å². The quantitative estimate of drug-likeness (QED) is 0.655. The normalized spacial score (nSPS) is 15.7. The number of fused-ring (bicyclic) bond motifs is 2. The Morgan fingerprint density at radius 2 is 1.76 bits per heavy atom. The van der Waals surface area contributed by atoms with Gasteiger partial charge in [-0.2, -0.15) is 0 Å². The van der Waals surface area contributed by atoms with Gasteiger partial charge in [0.1, 0.15) is 11.3 Å². The highest BCUT2D eigenvalue weighted by molar-refractivity contribution is 6.05. The Bertz CT molecular complexity index is 1270. The summed E-state index contributed by atoms with van der Waals surface area (Å²) >= 11 is 0. The van der Waals surface area contributed by atoms with E-state index >= 15 is 0 Å². The minimum Gasteiger partial charge on any atom is -0.454 e. The van der Waals surface area contributed by atoms with Crippen LogP contribution >= 0.6 is 0 Å². The molecule has 9 heteroatoms. The summed E-state index contributed by atoms with van der Waals surface area (Å²) in [6, 6.07) is 7.77. The van der Waals surface area contributed by atoms with Gasteiger partial charge in [-0.25, -0.2) is 14.4 Å². The molecule has 33 heavy (non-hydrogen) atoms. The van der Waals surface area contributed by atoms with E-state index in [4.69, 9.17) is 9.47 Å². The van der Waals surface area contributed by atoms with Crippen molar-refractivity contribution in [1.82, 2.24) is 14.9 Å². The van der Waals surface area contributed by atoms with Gasteiger partial charge in [-0.3, -0.25) is 9.59 Å². The number of ether oxygens (including phenoxy) is 2. The van der Waals surface area contributed by atoms with Gasteiger partial charge in [-0.05, 0) is 44.9 Å². The molecule has 2 aliphatic heterocycles. The van der Waals surface area contributed by atoms with Gasteiger partial charge in [0.15, 0.2) is 11.5 Å². The fraction of sp³-hybridized carbons (Fsp3) is 0.333. The van der Waals surface area contributed by atoms with Crippen LogP contribution in [0.15, 0.2) is 30.3 Å². The number of halogens is 1. The van der Waals surface area contributed by atoms with E-state index in [1.54, 1.807) is 30.0 Å². The topological polar surface area (TPSA) is 93.7 Å². The maximum atomic E-state index is 14.2. The summed E-state index contributed by atoms with van der Waals surface area (Å²) in [5, 5.41) is 2.91. The number of aromatic nitrogens is 2. The molecule has 170 valence electrons. The molecule has 3 aromatic rings. The highest BCUT2D eigenvalue weighted by Crippen LogP contribution is 2.34. The molecule has 1 fully saturated rings. The van der Waals surface area contributed by atoms with E-state index in [-0.39, 0.29) is 30.1 Å². The third-order valence-corrected chi connectivity index (χ3v) is 6.17. The minimum absolute atomic E-state index is 0.103. The molecule has 0 atom stereocenters. The standard InChI is InChI=1S/C24H23FN4O4/c1-13-14(2)27-22-18(9-16(25)10-19(22)26-13)24(31)29-7-5-15(6-8-29)23(30)28-17-3-4-20-21(11-17)33-12-32-20/h3-4,9-11,15H,5-8,12H2,1-2H3,(H,28,30). The zero-order valence-corrected chi connectivity index (χ0v) is 18.4. The highest BCUT2D eigenvalue weighted by Gasteiger charge is 2.29. The number of carbonyl (C=O) groups excluding carboxylic acids is 2. The number of amides is 2. The Kier molecular flexibility index (Phi) is 5.32. The van der Waals surface area contributed by atoms with Crippen LogP contribution in [0.3, 0.4) is 0 Å². The molecule has 0 bridgehead atoms. The third-order valence-electron chi connectivity index (χ3n) is 6.17. The highest BCUT2D eigenvalue weighted by atomic mass is 19.1. The fourth-order valence-electron chi connectivity index (χ4n) is 4.19. The summed E-state index contributed by atoms with van der Waals surface area (Å²) in [5.74, 6) is 0.0967. The molecule has 3 heterocycles. The number of nitrogens with zero attached hydrogens (tertiary/aromatic N) is 3. The smallest absolute Gasteiger partial charge is 0.256 e. The van der Waals surface area contributed by atoms with Gasteiger partial charge in [0.05, 0.1) is 22.5 Å². The lowest BCUT2D eigenvalue weighted by Crippen LogP contribution is -2.41. The van der Waals surface area contributed by atoms with Crippen LogP contribution in [0.4, 0.5) is 10.1 Å². The summed E-state index contributed by atoms with van der Waals surface area (Å²) in [6.07, 6.45) is 1.03. The number of hydrogen-bond acceptors (Lipinski definition) is 6. The zero-order valence-electron chi connectivity index (χ0n) is 18.4. The van der Waals surface area contributed by atoms with Crippen molar-refractivity contribution in [1.29, 1.82) is 0 Å². The summed E-state index contributed by atoms with van der Waals surface area (Å²) in [6.45, 7) is 4.57. The zero-order chi connectivity index (χ0) is 23.1. The maximum Gasteiger partial charge on any atom is 0.256 e. The second-order valence-corrected chi connectivity index (χ2v) is 8.34. The van der Waals surface area contributed by atoms with Gasteiger partial charge in [0, 0.05) is 36.8 Å². The van der Waals surface area contributed by atoms with E-state index in [9.17, 15) is 14.0 Å². The summed E-state index contributed by atoms with van der Waals surface area (Å²) < 4.78 is 24.8. The van der Waals surface area contributed by atoms with E-state index in [0.717, 1.165) is 0 Å². The van der Waals surface area contributed by atoms with Crippen LogP contribution in [-0.4, -0.2) is 46.6 Å². The van der Waals surface area contributed by atoms with E-state index in [2.05, 4.69) is 15.3 Å². The Balaban J connectivity index is 1.27. The van der Waals surface area contributed by atoms with Gasteiger partial charge < -0.3 is 19.7 Å². The number of likely N-dealkylation sites (tertiary alicyclic amines) is 1. The molecule has 1 saturated heterocycles. The van der Waals surface area contributed by atoms with Crippen molar-refractivity contribution in [3.05, 3.63) is 53.1 Å². The molecule has 1 N–H and O–H groups in total. The number of carbonyl (C=O) groups is 2. The minimum atomic E-state index is -0.526. The predicted octanol–water partition coefficient (Wildman–Crippen LogP) is 3.61. The average Bonchev–Trinajstić information content (AvgIpc) is 3.27. The SMILES string of the molecule is Cc1nc2cc(F)cc(C(=O)N3CCC(C(=O)Nc4ccc5c(c4)OCO5)CC3)c2nc1C. The molecule has 0 unspecified atom stereocenters. The first kappa shape index (κ1) is 21.1. The van der Waals surface area contributed by atoms with Crippen LogP contribution in [-0.2, 0) is 4.79 Å². The maximum absolute atomic E-state index is 14.2. The Morgan fingerprint density at radius 3 is 2.55 bits per heavy atom. The van der Waals surface area contributed by atoms with Crippen molar-refractivity contribution in [2.24, 2.45) is 5.92 Å². The molecule has 1 aromatic heterocycles. The van der Waals surface area contributed by atoms with Gasteiger partial charge in [-0.1, -0.05) is 0 Å². The number of nitrogens with one attached hydrogen (secondary N) is 1. The number of anilines is 1. The number of piperidine rings is 1. The summed E-state index contributed by atoms with van der Waals surface area (Å²) in [7, 11) is 0. The number of hydrogen-bond donors (Lipinski definition) is 1. The van der Waals surface area contributed by atoms with E-state index < -0.39 is 5.82 Å². The molecule has 2 aliphatic rings. The molecule has 0 aliphatic carbocycles. The molecular formula is C24H23FN4O4. The Labute approximate surface area is 189 Å². The summed E-state index contributed by atoms with van der Waals surface area (Å²) in [5.41, 5.74) is 2.98. The number of benzene rings is 2. The van der Waals surface area contributed by atoms with Crippen molar-refractivity contribution in [3.63, 3.8) is 0 Å². The molecule has 0 spiro atoms. The van der Waals surface area contributed by atoms with Gasteiger partial charge in [0.25, 0.3) is 5.91 Å². The van der Waals surface area contributed by atoms with Crippen LogP contribution in [0.2, 0.25) is 0 Å². The van der Waals surface area contributed by atoms with Crippen LogP contribution in [0.1, 0.15) is 34.6 Å². The van der Waals surface area contributed by atoms with Crippen molar-refractivity contribution >= 4 is 28.5 Å². The first-order chi connectivity index (χ1) is 15.9. The van der Waals surface area contributed by atoms with Crippen molar-refractivity contribution in [3.8, 4) is 11.5 Å². The van der Waals surface area contributed by atoms with Crippen LogP contribution in [0, 0.1) is 25.6 Å². The van der Waals surface area contributed by atoms with Crippen molar-refractivity contribution in [2.45, 2.75) is 26.7 Å². The second-order valence-electron chi connectivity index (χ2n) is 8.34. The monoisotopic (exact) mass is 450 g/mol. The van der Waals surface area contributed by atoms with Gasteiger partial charge in [-0.15, -0.1) is 0 Å². The summed E-state index contributed by atoms with van der Waals surface area (Å²) in [4.78, 5) is 36.5. The molecular weight excluding hydrogens is 427 g/mol. The lowest BCUT2D eigenvalue weighted by molar-refractivity contribution is -0.121. The number of rotatable bonds is 3. The lowest BCUT2D eigenvalue weighted by Gasteiger charge is -2.31. The van der Waals surface area contributed by atoms with Crippen LogP contribution in [0.25, 0.3) is 11.0 Å². The van der Waals surface area contributed by atoms with Crippen LogP contribution in [0.5, 0.6) is 11.5 Å². The van der Waals surface area contributed by atoms with Gasteiger partial charge in [0.2, 0.25) is 12.7 Å². The molecule has 2 amide bonds. The first-order valence-corrected chi connectivity index (χ1v) is 10.8. The molecule has 8 nitrogen and oxygen atoms in total. The Morgan fingerprint density at radius 1 is 1.03 bits per heavy atom. The Hall–Kier alpha value is -3.75. The number of aryl methyl sites for hydroxylation is 2. The lowest BCUT2D eigenvalue weighted by atomic mass is 9.95. The fourth-order valence-corrected chi connectivity index (χ4v) is 4.19. The van der Waals surface area contributed by atoms with E-state index in [0.29, 0.717) is 65.5 Å². The molecule has 5 rings (SSSR count). The van der Waals surface area contributed by atoms with Gasteiger partial charge >= 0.3 is 0 Å². The van der Waals surface area contributed by atoms with Crippen molar-refractivity contribution < 1.29 is 23.5 Å². The molecule has 0 saturated carbocycles. The van der Waals surface area contributed by atoms with Crippen molar-refractivity contribution in [2.75, 3.05) is 25.2 Å². The first-order valence-electron chi connectivity index (χ1n) is 10.8. The van der Waals surface area contributed by atoms with E-state index in [1.165, 1.54) is 12.1 Å².